The second-order valence-electron chi connectivity index (χ2n) is 1.58. The third kappa shape index (κ3) is 1.60. The fourth-order valence-electron chi connectivity index (χ4n) is 0.551. The summed E-state index contributed by atoms with van der Waals surface area (Å²) >= 11 is 0. The van der Waals surface area contributed by atoms with E-state index in [0.717, 1.165) is 0 Å². The maximum absolute atomic E-state index is 8.05. The Hall–Kier alpha value is -1.25. The number of hydrogen-bond acceptors (Lipinski definition) is 3. The van der Waals surface area contributed by atoms with Crippen molar-refractivity contribution in [2.24, 2.45) is 5.16 Å². The number of hydrogen-bond donors (Lipinski definition) is 1. The van der Waals surface area contributed by atoms with Gasteiger partial charge in [0.25, 0.3) is 0 Å². The van der Waals surface area contributed by atoms with Gasteiger partial charge in [0.2, 0.25) is 0 Å². The van der Waals surface area contributed by atoms with Crippen LogP contribution in [0.15, 0.2) is 29.6 Å². The van der Waals surface area contributed by atoms with E-state index in [0.29, 0.717) is 0 Å². The van der Waals surface area contributed by atoms with Crippen molar-refractivity contribution in [3.05, 3.63) is 24.5 Å². The summed E-state index contributed by atoms with van der Waals surface area (Å²) < 4.78 is 4.94. The molecule has 1 rings (SSSR count). The molecule has 0 spiro atoms. The lowest BCUT2D eigenvalue weighted by atomic mass is 10.3. The number of nitrogens with zero attached hydrogens (tertiary/aromatic N) is 1. The summed E-state index contributed by atoms with van der Waals surface area (Å²) in [4.78, 5) is 0. The van der Waals surface area contributed by atoms with E-state index in [1.807, 2.05) is 6.08 Å². The lowest BCUT2D eigenvalue weighted by Gasteiger charge is -2.07. The van der Waals surface area contributed by atoms with Gasteiger partial charge in [-0.2, -0.15) is 0 Å². The Morgan fingerprint density at radius 3 is 3.00 bits per heavy atom. The summed E-state index contributed by atoms with van der Waals surface area (Å²) in [7, 11) is 0. The average molecular weight is 125 g/mol. The van der Waals surface area contributed by atoms with Crippen LogP contribution < -0.4 is 0 Å². The van der Waals surface area contributed by atoms with Crippen LogP contribution in [0.25, 0.3) is 0 Å². The summed E-state index contributed by atoms with van der Waals surface area (Å²) in [5.41, 5.74) is 0. The highest BCUT2D eigenvalue weighted by Crippen LogP contribution is 1.98. The number of oxime groups is 1. The summed E-state index contributed by atoms with van der Waals surface area (Å²) in [5, 5.41) is 10.9. The lowest BCUT2D eigenvalue weighted by Crippen LogP contribution is -2.08. The third-order valence-electron chi connectivity index (χ3n) is 0.940. The molecule has 0 amide bonds. The average Bonchev–Trinajstić information content (AvgIpc) is 1.91. The molecule has 0 aromatic carbocycles. The van der Waals surface area contributed by atoms with Crippen molar-refractivity contribution < 1.29 is 9.94 Å². The van der Waals surface area contributed by atoms with Gasteiger partial charge >= 0.3 is 0 Å². The highest BCUT2D eigenvalue weighted by Gasteiger charge is 1.99. The van der Waals surface area contributed by atoms with Crippen LogP contribution in [0.2, 0.25) is 0 Å². The Bertz CT molecular complexity index is 160. The Morgan fingerprint density at radius 1 is 1.56 bits per heavy atom. The molecule has 1 unspecified atom stereocenters. The molecule has 3 heteroatoms. The molecule has 1 aliphatic rings. The van der Waals surface area contributed by atoms with Crippen molar-refractivity contribution in [3.8, 4) is 0 Å². The molecule has 0 fully saturated rings. The highest BCUT2D eigenvalue weighted by atomic mass is 16.5. The first kappa shape index (κ1) is 5.88. The summed E-state index contributed by atoms with van der Waals surface area (Å²) in [5.74, 6) is 0. The molecule has 3 nitrogen and oxygen atoms in total. The van der Waals surface area contributed by atoms with Gasteiger partial charge < -0.3 is 9.94 Å². The number of rotatable bonds is 1. The van der Waals surface area contributed by atoms with E-state index in [-0.39, 0.29) is 6.10 Å². The molecule has 1 atom stereocenters. The van der Waals surface area contributed by atoms with Crippen molar-refractivity contribution in [2.45, 2.75) is 6.10 Å². The maximum Gasteiger partial charge on any atom is 0.155 e. The van der Waals surface area contributed by atoms with E-state index in [9.17, 15) is 0 Å². The quantitative estimate of drug-likeness (QED) is 0.321. The van der Waals surface area contributed by atoms with Gasteiger partial charge in [0, 0.05) is 0 Å². The Balaban J connectivity index is 2.46. The monoisotopic (exact) mass is 125 g/mol. The Kier molecular flexibility index (Phi) is 1.90. The van der Waals surface area contributed by atoms with E-state index < -0.39 is 0 Å². The van der Waals surface area contributed by atoms with Crippen LogP contribution >= 0.6 is 0 Å². The molecular formula is C6H7NO2. The van der Waals surface area contributed by atoms with Crippen molar-refractivity contribution in [1.29, 1.82) is 0 Å². The molecule has 48 valence electrons. The van der Waals surface area contributed by atoms with Gasteiger partial charge in [0.05, 0.1) is 12.5 Å². The van der Waals surface area contributed by atoms with Gasteiger partial charge in [-0.15, -0.1) is 0 Å². The molecule has 1 N–H and O–H groups in total. The first-order valence-corrected chi connectivity index (χ1v) is 2.60. The molecular weight excluding hydrogens is 118 g/mol. The fourth-order valence-corrected chi connectivity index (χ4v) is 0.551. The van der Waals surface area contributed by atoms with Gasteiger partial charge in [0.15, 0.2) is 6.10 Å². The van der Waals surface area contributed by atoms with Crippen LogP contribution in [0.3, 0.4) is 0 Å². The molecule has 9 heavy (non-hydrogen) atoms. The topological polar surface area (TPSA) is 41.8 Å². The lowest BCUT2D eigenvalue weighted by molar-refractivity contribution is 0.235. The van der Waals surface area contributed by atoms with Crippen molar-refractivity contribution in [3.63, 3.8) is 0 Å². The summed E-state index contributed by atoms with van der Waals surface area (Å²) in [6, 6.07) is 0. The van der Waals surface area contributed by atoms with E-state index in [1.54, 1.807) is 18.4 Å². The van der Waals surface area contributed by atoms with E-state index in [1.165, 1.54) is 6.21 Å². The largest absolute Gasteiger partial charge is 0.488 e. The highest BCUT2D eigenvalue weighted by molar-refractivity contribution is 5.65. The van der Waals surface area contributed by atoms with E-state index in [4.69, 9.17) is 9.94 Å². The van der Waals surface area contributed by atoms with Gasteiger partial charge in [0.1, 0.15) is 0 Å². The molecule has 0 radical (unpaired) electrons. The minimum absolute atomic E-state index is 0.208. The van der Waals surface area contributed by atoms with Crippen LogP contribution in [-0.4, -0.2) is 17.5 Å². The van der Waals surface area contributed by atoms with Crippen LogP contribution in [0.4, 0.5) is 0 Å². The molecule has 1 heterocycles. The second kappa shape index (κ2) is 2.91. The first-order valence-electron chi connectivity index (χ1n) is 2.60. The molecule has 0 aromatic rings. The molecule has 0 saturated heterocycles. The number of ether oxygens (including phenoxy) is 1. The Labute approximate surface area is 52.9 Å². The van der Waals surface area contributed by atoms with Crippen molar-refractivity contribution in [1.82, 2.24) is 0 Å². The fraction of sp³-hybridized carbons (Fsp3) is 0.167. The third-order valence-corrected chi connectivity index (χ3v) is 0.940. The predicted molar refractivity (Wildman–Crippen MR) is 33.4 cm³/mol. The summed E-state index contributed by atoms with van der Waals surface area (Å²) in [6.45, 7) is 0. The zero-order chi connectivity index (χ0) is 6.53. The smallest absolute Gasteiger partial charge is 0.155 e. The molecule has 1 aliphatic heterocycles. The molecule has 0 saturated carbocycles. The standard InChI is InChI=1S/C6H7NO2/c8-7-5-6-3-1-2-4-9-6/h1-6,8H. The normalized spacial score (nSPS) is 24.7. The van der Waals surface area contributed by atoms with Crippen LogP contribution in [0, 0.1) is 0 Å². The van der Waals surface area contributed by atoms with Crippen LogP contribution in [-0.2, 0) is 4.74 Å². The van der Waals surface area contributed by atoms with Gasteiger partial charge in [-0.05, 0) is 12.2 Å². The van der Waals surface area contributed by atoms with Crippen molar-refractivity contribution >= 4 is 6.21 Å². The maximum atomic E-state index is 8.05. The minimum Gasteiger partial charge on any atom is -0.488 e. The molecule has 0 aliphatic carbocycles. The zero-order valence-electron chi connectivity index (χ0n) is 4.77. The van der Waals surface area contributed by atoms with E-state index in [2.05, 4.69) is 5.16 Å². The molecule has 0 aromatic heterocycles. The second-order valence-corrected chi connectivity index (χ2v) is 1.58. The van der Waals surface area contributed by atoms with Crippen LogP contribution in [0.1, 0.15) is 0 Å². The van der Waals surface area contributed by atoms with Crippen molar-refractivity contribution in [2.75, 3.05) is 0 Å². The summed E-state index contributed by atoms with van der Waals surface area (Å²) in [6.07, 6.45) is 8.02. The zero-order valence-corrected chi connectivity index (χ0v) is 4.77. The van der Waals surface area contributed by atoms with Gasteiger partial charge in [-0.3, -0.25) is 0 Å². The van der Waals surface area contributed by atoms with Gasteiger partial charge in [-0.1, -0.05) is 11.2 Å². The van der Waals surface area contributed by atoms with Crippen LogP contribution in [0.5, 0.6) is 0 Å². The SMILES string of the molecule is ON=CC1C=CC=CO1. The first-order chi connectivity index (χ1) is 4.43. The predicted octanol–water partition coefficient (Wildman–Crippen LogP) is 0.915. The minimum atomic E-state index is -0.208. The number of allylic oxidation sites excluding steroid dienone is 2. The van der Waals surface area contributed by atoms with Gasteiger partial charge in [-0.25, -0.2) is 0 Å². The molecule has 0 bridgehead atoms. The Morgan fingerprint density at radius 2 is 2.44 bits per heavy atom. The van der Waals surface area contributed by atoms with E-state index >= 15 is 0 Å².